The number of hydrogen-bond donors (Lipinski definition) is 0. The van der Waals surface area contributed by atoms with E-state index in [1.165, 1.54) is 27.6 Å². The molecule has 29 heavy (non-hydrogen) atoms. The van der Waals surface area contributed by atoms with Crippen molar-refractivity contribution in [2.75, 3.05) is 0 Å². The lowest BCUT2D eigenvalue weighted by Gasteiger charge is -2.01. The molecule has 2 aromatic heterocycles. The summed E-state index contributed by atoms with van der Waals surface area (Å²) >= 11 is 3.20. The number of thiazole rings is 1. The van der Waals surface area contributed by atoms with Gasteiger partial charge in [-0.05, 0) is 59.3 Å². The van der Waals surface area contributed by atoms with E-state index in [1.54, 1.807) is 17.6 Å². The van der Waals surface area contributed by atoms with Crippen molar-refractivity contribution >= 4 is 45.2 Å². The molecule has 5 rings (SSSR count). The maximum absolute atomic E-state index is 5.88. The van der Waals surface area contributed by atoms with Gasteiger partial charge in [-0.15, -0.1) is 11.3 Å². The first-order valence-corrected chi connectivity index (χ1v) is 10.8. The fraction of sp³-hybridized carbons (Fsp3) is 0. The molecule has 0 aliphatic carbocycles. The van der Waals surface area contributed by atoms with Crippen molar-refractivity contribution in [2.45, 2.75) is 9.43 Å². The number of fused-ring (bicyclic) bond motifs is 1. The predicted octanol–water partition coefficient (Wildman–Crippen LogP) is 7.46. The molecule has 5 aromatic rings. The summed E-state index contributed by atoms with van der Waals surface area (Å²) in [6.07, 6.45) is 1.75. The van der Waals surface area contributed by atoms with Crippen molar-refractivity contribution in [3.8, 4) is 11.1 Å². The van der Waals surface area contributed by atoms with Crippen LogP contribution >= 0.6 is 23.1 Å². The zero-order valence-electron chi connectivity index (χ0n) is 15.4. The molecular formula is C24H16N2OS2. The van der Waals surface area contributed by atoms with Gasteiger partial charge in [0, 0.05) is 0 Å². The van der Waals surface area contributed by atoms with Crippen LogP contribution < -0.4 is 0 Å². The number of aliphatic imine (C=N–C) groups is 1. The van der Waals surface area contributed by atoms with Crippen LogP contribution in [-0.2, 0) is 0 Å². The monoisotopic (exact) mass is 412 g/mol. The Kier molecular flexibility index (Phi) is 4.99. The molecule has 0 radical (unpaired) electrons. The SMILES string of the molecule is C(=Nc1ccc(-c2ccccc2)cc1)c1ccc(Sc2nc3ccccc3s2)o1. The maximum Gasteiger partial charge on any atom is 0.168 e. The van der Waals surface area contributed by atoms with Crippen LogP contribution in [0.3, 0.4) is 0 Å². The van der Waals surface area contributed by atoms with Crippen LogP contribution in [0.4, 0.5) is 5.69 Å². The van der Waals surface area contributed by atoms with E-state index in [0.29, 0.717) is 0 Å². The minimum Gasteiger partial charge on any atom is -0.448 e. The van der Waals surface area contributed by atoms with Gasteiger partial charge in [0.2, 0.25) is 0 Å². The third-order valence-electron chi connectivity index (χ3n) is 4.38. The van der Waals surface area contributed by atoms with Gasteiger partial charge in [-0.3, -0.25) is 4.99 Å². The Morgan fingerprint density at radius 1 is 0.793 bits per heavy atom. The zero-order valence-corrected chi connectivity index (χ0v) is 17.0. The van der Waals surface area contributed by atoms with Gasteiger partial charge in [0.15, 0.2) is 9.43 Å². The summed E-state index contributed by atoms with van der Waals surface area (Å²) in [4.78, 5) is 9.16. The third kappa shape index (κ3) is 4.16. The van der Waals surface area contributed by atoms with Gasteiger partial charge in [-0.1, -0.05) is 54.6 Å². The molecule has 0 bridgehead atoms. The van der Waals surface area contributed by atoms with Crippen molar-refractivity contribution in [3.05, 3.63) is 96.8 Å². The number of furan rings is 1. The molecule has 0 aliphatic rings. The highest BCUT2D eigenvalue weighted by Crippen LogP contribution is 2.35. The van der Waals surface area contributed by atoms with Crippen LogP contribution in [0, 0.1) is 0 Å². The van der Waals surface area contributed by atoms with Crippen LogP contribution in [0.15, 0.2) is 110 Å². The van der Waals surface area contributed by atoms with Gasteiger partial charge < -0.3 is 4.42 Å². The summed E-state index contributed by atoms with van der Waals surface area (Å²) in [6.45, 7) is 0. The van der Waals surface area contributed by atoms with Gasteiger partial charge >= 0.3 is 0 Å². The zero-order chi connectivity index (χ0) is 19.5. The van der Waals surface area contributed by atoms with E-state index < -0.39 is 0 Å². The molecule has 0 unspecified atom stereocenters. The molecule has 0 N–H and O–H groups in total. The second-order valence-electron chi connectivity index (χ2n) is 6.38. The number of hydrogen-bond acceptors (Lipinski definition) is 5. The molecule has 140 valence electrons. The Labute approximate surface area is 176 Å². The Morgan fingerprint density at radius 2 is 1.55 bits per heavy atom. The summed E-state index contributed by atoms with van der Waals surface area (Å²) in [6, 6.07) is 30.5. The molecule has 0 spiro atoms. The molecule has 0 saturated carbocycles. The van der Waals surface area contributed by atoms with Crippen LogP contribution in [0.2, 0.25) is 0 Å². The minimum absolute atomic E-state index is 0.723. The second-order valence-corrected chi connectivity index (χ2v) is 8.66. The van der Waals surface area contributed by atoms with E-state index >= 15 is 0 Å². The van der Waals surface area contributed by atoms with Crippen LogP contribution in [0.25, 0.3) is 21.3 Å². The van der Waals surface area contributed by atoms with Gasteiger partial charge in [0.05, 0.1) is 22.1 Å². The van der Waals surface area contributed by atoms with E-state index in [0.717, 1.165) is 26.4 Å². The molecule has 0 aliphatic heterocycles. The quantitative estimate of drug-likeness (QED) is 0.281. The number of nitrogens with zero attached hydrogens (tertiary/aromatic N) is 2. The molecule has 5 heteroatoms. The van der Waals surface area contributed by atoms with Crippen molar-refractivity contribution in [1.29, 1.82) is 0 Å². The number of aromatic nitrogens is 1. The lowest BCUT2D eigenvalue weighted by atomic mass is 10.1. The van der Waals surface area contributed by atoms with Crippen LogP contribution in [-0.4, -0.2) is 11.2 Å². The van der Waals surface area contributed by atoms with Crippen LogP contribution in [0.5, 0.6) is 0 Å². The standard InChI is InChI=1S/C24H16N2OS2/c1-2-6-17(7-3-1)18-10-12-19(13-11-18)25-16-20-14-15-23(27-20)29-24-26-21-8-4-5-9-22(21)28-24/h1-16H. The van der Waals surface area contributed by atoms with Gasteiger partial charge in [-0.25, -0.2) is 4.98 Å². The fourth-order valence-corrected chi connectivity index (χ4v) is 4.92. The van der Waals surface area contributed by atoms with E-state index in [4.69, 9.17) is 4.42 Å². The van der Waals surface area contributed by atoms with Crippen molar-refractivity contribution < 1.29 is 4.42 Å². The number of para-hydroxylation sites is 1. The highest BCUT2D eigenvalue weighted by molar-refractivity contribution is 8.01. The molecule has 0 amide bonds. The maximum atomic E-state index is 5.88. The van der Waals surface area contributed by atoms with Crippen LogP contribution in [0.1, 0.15) is 5.76 Å². The predicted molar refractivity (Wildman–Crippen MR) is 122 cm³/mol. The van der Waals surface area contributed by atoms with E-state index in [-0.39, 0.29) is 0 Å². The summed E-state index contributed by atoms with van der Waals surface area (Å²) in [5.41, 5.74) is 4.29. The smallest absolute Gasteiger partial charge is 0.168 e. The average molecular weight is 413 g/mol. The minimum atomic E-state index is 0.723. The van der Waals surface area contributed by atoms with Crippen molar-refractivity contribution in [1.82, 2.24) is 4.98 Å². The molecule has 0 fully saturated rings. The third-order valence-corrected chi connectivity index (χ3v) is 6.40. The average Bonchev–Trinajstić information content (AvgIpc) is 3.39. The highest BCUT2D eigenvalue weighted by atomic mass is 32.2. The fourth-order valence-electron chi connectivity index (χ4n) is 2.95. The van der Waals surface area contributed by atoms with Gasteiger partial charge in [0.1, 0.15) is 5.76 Å². The number of rotatable bonds is 5. The van der Waals surface area contributed by atoms with E-state index in [9.17, 15) is 0 Å². The lowest BCUT2D eigenvalue weighted by Crippen LogP contribution is -1.77. The summed E-state index contributed by atoms with van der Waals surface area (Å²) in [7, 11) is 0. The second kappa shape index (κ2) is 8.07. The van der Waals surface area contributed by atoms with E-state index in [2.05, 4.69) is 40.3 Å². The normalized spacial score (nSPS) is 11.4. The molecular weight excluding hydrogens is 396 g/mol. The topological polar surface area (TPSA) is 38.4 Å². The Hall–Kier alpha value is -3.15. The number of benzene rings is 3. The first-order chi connectivity index (χ1) is 14.3. The van der Waals surface area contributed by atoms with Gasteiger partial charge in [0.25, 0.3) is 0 Å². The summed E-state index contributed by atoms with van der Waals surface area (Å²) < 4.78 is 8.03. The summed E-state index contributed by atoms with van der Waals surface area (Å²) in [5.74, 6) is 0.723. The van der Waals surface area contributed by atoms with Gasteiger partial charge in [-0.2, -0.15) is 0 Å². The first-order valence-electron chi connectivity index (χ1n) is 9.16. The Morgan fingerprint density at radius 3 is 2.38 bits per heavy atom. The van der Waals surface area contributed by atoms with E-state index in [1.807, 2.05) is 60.7 Å². The largest absolute Gasteiger partial charge is 0.448 e. The Bertz CT molecular complexity index is 1240. The summed E-state index contributed by atoms with van der Waals surface area (Å²) in [5, 5.41) is 0.810. The molecule has 0 atom stereocenters. The molecule has 2 heterocycles. The Balaban J connectivity index is 1.27. The van der Waals surface area contributed by atoms with Crippen molar-refractivity contribution in [3.63, 3.8) is 0 Å². The highest BCUT2D eigenvalue weighted by Gasteiger charge is 2.08. The lowest BCUT2D eigenvalue weighted by molar-refractivity contribution is 0.469. The molecule has 0 saturated heterocycles. The molecule has 3 nitrogen and oxygen atoms in total. The van der Waals surface area contributed by atoms with Crippen molar-refractivity contribution in [2.24, 2.45) is 4.99 Å². The first kappa shape index (κ1) is 17.9. The molecule has 3 aromatic carbocycles.